The molecule has 0 aliphatic carbocycles. The second-order valence-electron chi connectivity index (χ2n) is 3.28. The molecular formula is C11H15NO3. The van der Waals surface area contributed by atoms with Gasteiger partial charge >= 0.3 is 5.97 Å². The van der Waals surface area contributed by atoms with Gasteiger partial charge in [0.2, 0.25) is 0 Å². The van der Waals surface area contributed by atoms with Crippen LogP contribution in [0.1, 0.15) is 22.3 Å². The highest BCUT2D eigenvalue weighted by atomic mass is 16.5. The van der Waals surface area contributed by atoms with E-state index in [1.165, 1.54) is 6.07 Å². The lowest BCUT2D eigenvalue weighted by atomic mass is 10.1. The number of aromatic carboxylic acids is 1. The van der Waals surface area contributed by atoms with Crippen molar-refractivity contribution in [3.8, 4) is 5.75 Å². The summed E-state index contributed by atoms with van der Waals surface area (Å²) in [5.41, 5.74) is 6.44. The molecule has 1 aromatic rings. The van der Waals surface area contributed by atoms with Gasteiger partial charge in [0.05, 0.1) is 12.2 Å². The van der Waals surface area contributed by atoms with E-state index in [-0.39, 0.29) is 5.56 Å². The van der Waals surface area contributed by atoms with E-state index < -0.39 is 5.97 Å². The summed E-state index contributed by atoms with van der Waals surface area (Å²) in [5, 5.41) is 8.76. The fourth-order valence-corrected chi connectivity index (χ4v) is 1.21. The van der Waals surface area contributed by atoms with E-state index in [0.717, 1.165) is 12.0 Å². The normalized spacial score (nSPS) is 10.0. The summed E-state index contributed by atoms with van der Waals surface area (Å²) >= 11 is 0. The van der Waals surface area contributed by atoms with Crippen molar-refractivity contribution in [1.82, 2.24) is 0 Å². The van der Waals surface area contributed by atoms with Gasteiger partial charge in [-0.3, -0.25) is 0 Å². The number of carbonyl (C=O) groups is 1. The summed E-state index contributed by atoms with van der Waals surface area (Å²) in [5.74, 6) is -0.208. The molecule has 0 saturated carbocycles. The Hall–Kier alpha value is -1.55. The molecule has 0 amide bonds. The van der Waals surface area contributed by atoms with Crippen LogP contribution in [0, 0.1) is 6.92 Å². The van der Waals surface area contributed by atoms with Crippen molar-refractivity contribution in [1.29, 1.82) is 0 Å². The number of aryl methyl sites for hydroxylation is 1. The summed E-state index contributed by atoms with van der Waals surface area (Å²) in [6.07, 6.45) is 0.792. The minimum atomic E-state index is -0.924. The van der Waals surface area contributed by atoms with Gasteiger partial charge < -0.3 is 15.6 Å². The SMILES string of the molecule is Cc1cc(C(=O)O)ccc1OCCCN. The van der Waals surface area contributed by atoms with Crippen molar-refractivity contribution in [3.63, 3.8) is 0 Å². The topological polar surface area (TPSA) is 72.5 Å². The molecule has 0 radical (unpaired) electrons. The zero-order valence-electron chi connectivity index (χ0n) is 8.69. The Morgan fingerprint density at radius 1 is 1.53 bits per heavy atom. The van der Waals surface area contributed by atoms with Crippen LogP contribution in [0.4, 0.5) is 0 Å². The molecule has 0 aromatic heterocycles. The number of carboxylic acids is 1. The Kier molecular flexibility index (Phi) is 4.12. The van der Waals surface area contributed by atoms with E-state index >= 15 is 0 Å². The first-order valence-corrected chi connectivity index (χ1v) is 4.82. The van der Waals surface area contributed by atoms with Gasteiger partial charge in [-0.2, -0.15) is 0 Å². The molecule has 15 heavy (non-hydrogen) atoms. The number of hydrogen-bond acceptors (Lipinski definition) is 3. The van der Waals surface area contributed by atoms with Crippen LogP contribution in [-0.4, -0.2) is 24.2 Å². The standard InChI is InChI=1S/C11H15NO3/c1-8-7-9(11(13)14)3-4-10(8)15-6-2-5-12/h3-4,7H,2,5-6,12H2,1H3,(H,13,14). The van der Waals surface area contributed by atoms with Crippen molar-refractivity contribution in [2.24, 2.45) is 5.73 Å². The number of nitrogens with two attached hydrogens (primary N) is 1. The summed E-state index contributed by atoms with van der Waals surface area (Å²) < 4.78 is 5.44. The van der Waals surface area contributed by atoms with Gasteiger partial charge in [-0.1, -0.05) is 0 Å². The Labute approximate surface area is 88.7 Å². The number of rotatable bonds is 5. The van der Waals surface area contributed by atoms with Crippen LogP contribution in [0.3, 0.4) is 0 Å². The fourth-order valence-electron chi connectivity index (χ4n) is 1.21. The zero-order chi connectivity index (χ0) is 11.3. The van der Waals surface area contributed by atoms with Gasteiger partial charge in [-0.15, -0.1) is 0 Å². The van der Waals surface area contributed by atoms with Crippen molar-refractivity contribution < 1.29 is 14.6 Å². The van der Waals surface area contributed by atoms with Crippen molar-refractivity contribution in [2.45, 2.75) is 13.3 Å². The highest BCUT2D eigenvalue weighted by Gasteiger charge is 2.05. The maximum Gasteiger partial charge on any atom is 0.335 e. The fraction of sp³-hybridized carbons (Fsp3) is 0.364. The third-order valence-corrected chi connectivity index (χ3v) is 2.03. The second kappa shape index (κ2) is 5.36. The molecule has 0 atom stereocenters. The van der Waals surface area contributed by atoms with E-state index in [4.69, 9.17) is 15.6 Å². The molecular weight excluding hydrogens is 194 g/mol. The molecule has 0 spiro atoms. The van der Waals surface area contributed by atoms with Gasteiger partial charge in [0.1, 0.15) is 5.75 Å². The molecule has 0 saturated heterocycles. The largest absolute Gasteiger partial charge is 0.493 e. The summed E-state index contributed by atoms with van der Waals surface area (Å²) in [6, 6.07) is 4.81. The summed E-state index contributed by atoms with van der Waals surface area (Å²) in [6.45, 7) is 2.97. The van der Waals surface area contributed by atoms with E-state index in [2.05, 4.69) is 0 Å². The molecule has 0 aliphatic rings. The number of carboxylic acid groups (broad SMARTS) is 1. The number of hydrogen-bond donors (Lipinski definition) is 2. The molecule has 3 N–H and O–H groups in total. The second-order valence-corrected chi connectivity index (χ2v) is 3.28. The Morgan fingerprint density at radius 2 is 2.27 bits per heavy atom. The number of ether oxygens (including phenoxy) is 1. The first-order chi connectivity index (χ1) is 7.15. The molecule has 82 valence electrons. The molecule has 0 heterocycles. The first kappa shape index (κ1) is 11.5. The molecule has 0 aliphatic heterocycles. The molecule has 1 rings (SSSR count). The predicted octanol–water partition coefficient (Wildman–Crippen LogP) is 1.42. The summed E-state index contributed by atoms with van der Waals surface area (Å²) in [7, 11) is 0. The van der Waals surface area contributed by atoms with Crippen LogP contribution in [0.5, 0.6) is 5.75 Å². The van der Waals surface area contributed by atoms with Gasteiger partial charge in [0.15, 0.2) is 0 Å². The average Bonchev–Trinajstić information content (AvgIpc) is 2.20. The van der Waals surface area contributed by atoms with Crippen LogP contribution in [-0.2, 0) is 0 Å². The monoisotopic (exact) mass is 209 g/mol. The molecule has 0 bridgehead atoms. The molecule has 4 heteroatoms. The van der Waals surface area contributed by atoms with E-state index in [9.17, 15) is 4.79 Å². The maximum absolute atomic E-state index is 10.7. The van der Waals surface area contributed by atoms with Crippen LogP contribution < -0.4 is 10.5 Å². The van der Waals surface area contributed by atoms with Crippen LogP contribution >= 0.6 is 0 Å². The maximum atomic E-state index is 10.7. The Morgan fingerprint density at radius 3 is 2.80 bits per heavy atom. The summed E-state index contributed by atoms with van der Waals surface area (Å²) in [4.78, 5) is 10.7. The quantitative estimate of drug-likeness (QED) is 0.719. The van der Waals surface area contributed by atoms with E-state index in [1.807, 2.05) is 6.92 Å². The lowest BCUT2D eigenvalue weighted by Gasteiger charge is -2.08. The predicted molar refractivity (Wildman–Crippen MR) is 57.3 cm³/mol. The lowest BCUT2D eigenvalue weighted by molar-refractivity contribution is 0.0696. The Bertz CT molecular complexity index is 350. The van der Waals surface area contributed by atoms with Crippen molar-refractivity contribution in [2.75, 3.05) is 13.2 Å². The van der Waals surface area contributed by atoms with Crippen molar-refractivity contribution in [3.05, 3.63) is 29.3 Å². The van der Waals surface area contributed by atoms with Gasteiger partial charge in [0, 0.05) is 0 Å². The molecule has 4 nitrogen and oxygen atoms in total. The smallest absolute Gasteiger partial charge is 0.335 e. The first-order valence-electron chi connectivity index (χ1n) is 4.82. The minimum absolute atomic E-state index is 0.277. The average molecular weight is 209 g/mol. The molecule has 1 aromatic carbocycles. The van der Waals surface area contributed by atoms with Crippen LogP contribution in [0.15, 0.2) is 18.2 Å². The highest BCUT2D eigenvalue weighted by Crippen LogP contribution is 2.19. The zero-order valence-corrected chi connectivity index (χ0v) is 8.69. The van der Waals surface area contributed by atoms with Crippen molar-refractivity contribution >= 4 is 5.97 Å². The Balaban J connectivity index is 2.70. The van der Waals surface area contributed by atoms with E-state index in [0.29, 0.717) is 18.9 Å². The third-order valence-electron chi connectivity index (χ3n) is 2.03. The van der Waals surface area contributed by atoms with Gasteiger partial charge in [0.25, 0.3) is 0 Å². The number of benzene rings is 1. The molecule has 0 fully saturated rings. The highest BCUT2D eigenvalue weighted by molar-refractivity contribution is 5.88. The van der Waals surface area contributed by atoms with Gasteiger partial charge in [-0.25, -0.2) is 4.79 Å². The van der Waals surface area contributed by atoms with Crippen LogP contribution in [0.2, 0.25) is 0 Å². The molecule has 0 unspecified atom stereocenters. The third kappa shape index (κ3) is 3.25. The van der Waals surface area contributed by atoms with E-state index in [1.54, 1.807) is 12.1 Å². The van der Waals surface area contributed by atoms with Crippen LogP contribution in [0.25, 0.3) is 0 Å². The lowest BCUT2D eigenvalue weighted by Crippen LogP contribution is -2.07. The van der Waals surface area contributed by atoms with Gasteiger partial charge in [-0.05, 0) is 43.7 Å². The minimum Gasteiger partial charge on any atom is -0.493 e.